The van der Waals surface area contributed by atoms with Crippen LogP contribution in [0.4, 0.5) is 11.4 Å². The lowest BCUT2D eigenvalue weighted by Gasteiger charge is -2.24. The van der Waals surface area contributed by atoms with Gasteiger partial charge in [-0.2, -0.15) is 0 Å². The van der Waals surface area contributed by atoms with Crippen molar-refractivity contribution in [1.29, 1.82) is 0 Å². The fourth-order valence-electron chi connectivity index (χ4n) is 2.22. The van der Waals surface area contributed by atoms with Gasteiger partial charge in [-0.1, -0.05) is 31.4 Å². The highest BCUT2D eigenvalue weighted by molar-refractivity contribution is 5.66. The van der Waals surface area contributed by atoms with Crippen molar-refractivity contribution in [3.05, 3.63) is 23.8 Å². The van der Waals surface area contributed by atoms with Crippen molar-refractivity contribution < 1.29 is 0 Å². The predicted octanol–water partition coefficient (Wildman–Crippen LogP) is 1.97. The van der Waals surface area contributed by atoms with E-state index in [1.807, 2.05) is 19.1 Å². The molecule has 1 aromatic carbocycles. The summed E-state index contributed by atoms with van der Waals surface area (Å²) < 4.78 is 0. The molecule has 102 valence electrons. The zero-order valence-electron chi connectivity index (χ0n) is 11.2. The third-order valence-electron chi connectivity index (χ3n) is 3.55. The summed E-state index contributed by atoms with van der Waals surface area (Å²) in [4.78, 5) is 0. The van der Waals surface area contributed by atoms with Gasteiger partial charge in [0.15, 0.2) is 0 Å². The van der Waals surface area contributed by atoms with E-state index in [1.54, 1.807) is 6.07 Å². The Bertz CT molecular complexity index is 337. The van der Waals surface area contributed by atoms with Crippen LogP contribution in [0.5, 0.6) is 0 Å². The quantitative estimate of drug-likeness (QED) is 0.452. The van der Waals surface area contributed by atoms with E-state index in [0.29, 0.717) is 17.3 Å². The first-order chi connectivity index (χ1) is 8.52. The first kappa shape index (κ1) is 14.8. The summed E-state index contributed by atoms with van der Waals surface area (Å²) in [6.45, 7) is 1.94. The molecule has 0 heterocycles. The van der Waals surface area contributed by atoms with E-state index >= 15 is 0 Å². The van der Waals surface area contributed by atoms with E-state index in [4.69, 9.17) is 22.9 Å². The topological polar surface area (TPSA) is 104 Å². The van der Waals surface area contributed by atoms with E-state index in [2.05, 4.69) is 0 Å². The monoisotopic (exact) mass is 250 g/mol. The molecule has 0 spiro atoms. The normalized spacial score (nSPS) is 16.2. The molecule has 1 fully saturated rings. The number of hydrogen-bond acceptors (Lipinski definition) is 4. The standard InChI is InChI=1S/C7H10N2.C7H16N2/c1-5-3-2-4-6(8)7(5)9;8-7(9)6-4-2-1-3-5-6/h2-4H,8-9H2,1H3;6-7H,1-5,8-9H2. The molecule has 4 nitrogen and oxygen atoms in total. The number of anilines is 2. The van der Waals surface area contributed by atoms with Crippen LogP contribution in [0, 0.1) is 12.8 Å². The average Bonchev–Trinajstić information content (AvgIpc) is 2.38. The zero-order chi connectivity index (χ0) is 13.5. The highest BCUT2D eigenvalue weighted by Gasteiger charge is 2.16. The van der Waals surface area contributed by atoms with Gasteiger partial charge in [-0.3, -0.25) is 0 Å². The summed E-state index contributed by atoms with van der Waals surface area (Å²) in [6, 6.07) is 5.62. The predicted molar refractivity (Wildman–Crippen MR) is 78.7 cm³/mol. The summed E-state index contributed by atoms with van der Waals surface area (Å²) in [6.07, 6.45) is 6.47. The van der Waals surface area contributed by atoms with Gasteiger partial charge in [0, 0.05) is 0 Å². The van der Waals surface area contributed by atoms with Gasteiger partial charge in [-0.05, 0) is 37.3 Å². The van der Waals surface area contributed by atoms with Crippen LogP contribution in [-0.2, 0) is 0 Å². The Balaban J connectivity index is 0.000000180. The van der Waals surface area contributed by atoms with Gasteiger partial charge < -0.3 is 22.9 Å². The zero-order valence-corrected chi connectivity index (χ0v) is 11.2. The maximum absolute atomic E-state index is 5.56. The molecule has 0 amide bonds. The van der Waals surface area contributed by atoms with E-state index in [9.17, 15) is 0 Å². The molecule has 0 bridgehead atoms. The maximum Gasteiger partial charge on any atom is 0.0577 e. The molecule has 8 N–H and O–H groups in total. The lowest BCUT2D eigenvalue weighted by Crippen LogP contribution is -2.39. The Kier molecular flexibility index (Phi) is 5.95. The van der Waals surface area contributed by atoms with Gasteiger partial charge in [0.25, 0.3) is 0 Å². The van der Waals surface area contributed by atoms with Crippen LogP contribution in [0.1, 0.15) is 37.7 Å². The highest BCUT2D eigenvalue weighted by atomic mass is 14.9. The first-order valence-electron chi connectivity index (χ1n) is 6.64. The molecule has 0 unspecified atom stereocenters. The highest BCUT2D eigenvalue weighted by Crippen LogP contribution is 2.23. The van der Waals surface area contributed by atoms with E-state index in [-0.39, 0.29) is 6.17 Å². The summed E-state index contributed by atoms with van der Waals surface area (Å²) in [5.74, 6) is 0.610. The van der Waals surface area contributed by atoms with Crippen molar-refractivity contribution >= 4 is 11.4 Å². The van der Waals surface area contributed by atoms with E-state index < -0.39 is 0 Å². The molecule has 0 atom stereocenters. The van der Waals surface area contributed by atoms with Gasteiger partial charge in [0.05, 0.1) is 17.5 Å². The number of para-hydroxylation sites is 1. The lowest BCUT2D eigenvalue weighted by atomic mass is 9.87. The molecular weight excluding hydrogens is 224 g/mol. The minimum Gasteiger partial charge on any atom is -0.397 e. The number of nitrogens with two attached hydrogens (primary N) is 4. The van der Waals surface area contributed by atoms with Crippen LogP contribution in [0.2, 0.25) is 0 Å². The summed E-state index contributed by atoms with van der Waals surface area (Å²) >= 11 is 0. The Morgan fingerprint density at radius 3 is 2.06 bits per heavy atom. The molecule has 0 aliphatic heterocycles. The SMILES string of the molecule is Cc1cccc(N)c1N.NC(N)C1CCCCC1. The summed E-state index contributed by atoms with van der Waals surface area (Å²) in [5, 5.41) is 0. The number of rotatable bonds is 1. The van der Waals surface area contributed by atoms with Gasteiger partial charge in [0.2, 0.25) is 0 Å². The molecule has 1 aliphatic rings. The molecule has 1 saturated carbocycles. The van der Waals surface area contributed by atoms with Crippen molar-refractivity contribution in [3.8, 4) is 0 Å². The number of hydrogen-bond donors (Lipinski definition) is 4. The van der Waals surface area contributed by atoms with E-state index in [0.717, 1.165) is 5.56 Å². The van der Waals surface area contributed by atoms with Gasteiger partial charge in [-0.25, -0.2) is 0 Å². The third-order valence-corrected chi connectivity index (χ3v) is 3.55. The largest absolute Gasteiger partial charge is 0.397 e. The number of aryl methyl sites for hydroxylation is 1. The first-order valence-corrected chi connectivity index (χ1v) is 6.64. The lowest BCUT2D eigenvalue weighted by molar-refractivity contribution is 0.309. The molecule has 1 aliphatic carbocycles. The maximum atomic E-state index is 5.56. The Morgan fingerprint density at radius 1 is 1.06 bits per heavy atom. The van der Waals surface area contributed by atoms with Crippen molar-refractivity contribution in [2.24, 2.45) is 17.4 Å². The van der Waals surface area contributed by atoms with Crippen molar-refractivity contribution in [1.82, 2.24) is 0 Å². The molecule has 0 saturated heterocycles. The van der Waals surface area contributed by atoms with Crippen LogP contribution in [0.25, 0.3) is 0 Å². The molecule has 0 aromatic heterocycles. The Morgan fingerprint density at radius 2 is 1.67 bits per heavy atom. The molecule has 0 radical (unpaired) electrons. The molecule has 18 heavy (non-hydrogen) atoms. The fraction of sp³-hybridized carbons (Fsp3) is 0.571. The van der Waals surface area contributed by atoms with Crippen LogP contribution < -0.4 is 22.9 Å². The van der Waals surface area contributed by atoms with E-state index in [1.165, 1.54) is 32.1 Å². The van der Waals surface area contributed by atoms with Crippen LogP contribution in [0.3, 0.4) is 0 Å². The van der Waals surface area contributed by atoms with Crippen LogP contribution in [-0.4, -0.2) is 6.17 Å². The van der Waals surface area contributed by atoms with Gasteiger partial charge >= 0.3 is 0 Å². The van der Waals surface area contributed by atoms with Crippen molar-refractivity contribution in [2.45, 2.75) is 45.2 Å². The number of nitrogen functional groups attached to an aromatic ring is 2. The smallest absolute Gasteiger partial charge is 0.0577 e. The average molecular weight is 250 g/mol. The van der Waals surface area contributed by atoms with Crippen LogP contribution in [0.15, 0.2) is 18.2 Å². The molecule has 2 rings (SSSR count). The molecule has 4 heteroatoms. The van der Waals surface area contributed by atoms with Crippen LogP contribution >= 0.6 is 0 Å². The summed E-state index contributed by atoms with van der Waals surface area (Å²) in [5.41, 5.74) is 24.5. The minimum absolute atomic E-state index is 0.0645. The van der Waals surface area contributed by atoms with Crippen molar-refractivity contribution in [2.75, 3.05) is 11.5 Å². The second-order valence-corrected chi connectivity index (χ2v) is 5.05. The molecular formula is C14H26N4. The van der Waals surface area contributed by atoms with Crippen molar-refractivity contribution in [3.63, 3.8) is 0 Å². The number of benzene rings is 1. The van der Waals surface area contributed by atoms with Gasteiger partial charge in [0.1, 0.15) is 0 Å². The Labute approximate surface area is 110 Å². The van der Waals surface area contributed by atoms with Gasteiger partial charge in [-0.15, -0.1) is 0 Å². The summed E-state index contributed by atoms with van der Waals surface area (Å²) in [7, 11) is 0. The second kappa shape index (κ2) is 7.24. The minimum atomic E-state index is -0.0645. The molecule has 1 aromatic rings. The Hall–Kier alpha value is -1.26. The fourth-order valence-corrected chi connectivity index (χ4v) is 2.22. The second-order valence-electron chi connectivity index (χ2n) is 5.05. The third kappa shape index (κ3) is 4.55.